The van der Waals surface area contributed by atoms with E-state index in [0.717, 1.165) is 23.4 Å². The van der Waals surface area contributed by atoms with Crippen LogP contribution in [0.3, 0.4) is 0 Å². The lowest BCUT2D eigenvalue weighted by molar-refractivity contribution is 0.307. The molecular weight excluding hydrogens is 476 g/mol. The van der Waals surface area contributed by atoms with Crippen LogP contribution in [0.1, 0.15) is 40.6 Å². The van der Waals surface area contributed by atoms with E-state index in [4.69, 9.17) is 9.73 Å². The van der Waals surface area contributed by atoms with E-state index in [1.165, 1.54) is 33.2 Å². The number of fused-ring (bicyclic) bond motifs is 4. The lowest BCUT2D eigenvalue weighted by Crippen LogP contribution is -2.28. The van der Waals surface area contributed by atoms with E-state index in [-0.39, 0.29) is 0 Å². The van der Waals surface area contributed by atoms with Gasteiger partial charge in [-0.2, -0.15) is 0 Å². The standard InChI is InChI=1S/C36H30N2O/c1-3-13-30-25(9-1)11-7-12-28(30)24-39-35-18-6-2-10-27(35)23-37-29-21-19-26(20-22-29)36-33-16-8-15-31(33)32-14-4-5-17-34(32)38-36/h1-15,17-23,31,33,36,38H,16,24H2/t31-,33+,36-/m1/s1. The van der Waals surface area contributed by atoms with E-state index in [9.17, 15) is 0 Å². The number of aliphatic imine (C=N–C) groups is 1. The van der Waals surface area contributed by atoms with Crippen molar-refractivity contribution < 1.29 is 4.74 Å². The number of para-hydroxylation sites is 2. The number of benzene rings is 5. The zero-order valence-corrected chi connectivity index (χ0v) is 21.7. The van der Waals surface area contributed by atoms with Crippen LogP contribution in [-0.2, 0) is 6.61 Å². The summed E-state index contributed by atoms with van der Waals surface area (Å²) >= 11 is 0. The van der Waals surface area contributed by atoms with Crippen LogP contribution in [0.5, 0.6) is 5.75 Å². The van der Waals surface area contributed by atoms with Crippen molar-refractivity contribution in [3.8, 4) is 5.75 Å². The summed E-state index contributed by atoms with van der Waals surface area (Å²) in [5, 5.41) is 6.26. The van der Waals surface area contributed by atoms with Gasteiger partial charge in [-0.15, -0.1) is 0 Å². The third-order valence-electron chi connectivity index (χ3n) is 8.06. The van der Waals surface area contributed by atoms with E-state index in [0.29, 0.717) is 24.5 Å². The Labute approximate surface area is 229 Å². The van der Waals surface area contributed by atoms with Gasteiger partial charge in [0.05, 0.1) is 11.7 Å². The molecule has 0 aromatic heterocycles. The fraction of sp³-hybridized carbons (Fsp3) is 0.139. The molecule has 39 heavy (non-hydrogen) atoms. The Kier molecular flexibility index (Phi) is 6.18. The summed E-state index contributed by atoms with van der Waals surface area (Å²) in [5.41, 5.74) is 7.04. The lowest BCUT2D eigenvalue weighted by atomic mass is 9.77. The number of anilines is 1. The molecule has 0 saturated carbocycles. The molecule has 5 aromatic rings. The van der Waals surface area contributed by atoms with Crippen molar-refractivity contribution in [2.75, 3.05) is 5.32 Å². The highest BCUT2D eigenvalue weighted by atomic mass is 16.5. The SMILES string of the molecule is C1=C[C@@H]2c3ccccc3N[C@H](c3ccc(N=Cc4ccccc4OCc4cccc5ccccc45)cc3)[C@H]2C1. The summed E-state index contributed by atoms with van der Waals surface area (Å²) in [5.74, 6) is 1.85. The van der Waals surface area contributed by atoms with Gasteiger partial charge < -0.3 is 10.1 Å². The van der Waals surface area contributed by atoms with Gasteiger partial charge in [0.15, 0.2) is 0 Å². The fourth-order valence-electron chi connectivity index (χ4n) is 6.08. The van der Waals surface area contributed by atoms with E-state index in [1.54, 1.807) is 0 Å². The van der Waals surface area contributed by atoms with Gasteiger partial charge in [0.25, 0.3) is 0 Å². The topological polar surface area (TPSA) is 33.6 Å². The second-order valence-electron chi connectivity index (χ2n) is 10.4. The summed E-state index contributed by atoms with van der Waals surface area (Å²) in [6.07, 6.45) is 7.73. The molecule has 1 heterocycles. The maximum Gasteiger partial charge on any atom is 0.128 e. The zero-order chi connectivity index (χ0) is 26.0. The highest BCUT2D eigenvalue weighted by Crippen LogP contribution is 2.49. The van der Waals surface area contributed by atoms with E-state index in [2.05, 4.69) is 108 Å². The average Bonchev–Trinajstić information content (AvgIpc) is 3.50. The number of hydrogen-bond donors (Lipinski definition) is 1. The number of nitrogens with one attached hydrogen (secondary N) is 1. The van der Waals surface area contributed by atoms with Gasteiger partial charge in [-0.3, -0.25) is 4.99 Å². The predicted octanol–water partition coefficient (Wildman–Crippen LogP) is 9.00. The second kappa shape index (κ2) is 10.3. The second-order valence-corrected chi connectivity index (χ2v) is 10.4. The molecule has 1 N–H and O–H groups in total. The molecule has 3 atom stereocenters. The summed E-state index contributed by atoms with van der Waals surface area (Å²) in [7, 11) is 0. The molecule has 0 unspecified atom stereocenters. The quantitative estimate of drug-likeness (QED) is 0.184. The first-order chi connectivity index (χ1) is 19.3. The molecular formula is C36H30N2O. The van der Waals surface area contributed by atoms with E-state index in [1.807, 2.05) is 30.5 Å². The Morgan fingerprint density at radius 2 is 1.59 bits per heavy atom. The van der Waals surface area contributed by atoms with Crippen LogP contribution in [-0.4, -0.2) is 6.21 Å². The Morgan fingerprint density at radius 1 is 0.795 bits per heavy atom. The molecule has 7 rings (SSSR count). The molecule has 0 amide bonds. The highest BCUT2D eigenvalue weighted by Gasteiger charge is 2.37. The molecule has 0 bridgehead atoms. The van der Waals surface area contributed by atoms with Crippen LogP contribution in [0.4, 0.5) is 11.4 Å². The number of hydrogen-bond acceptors (Lipinski definition) is 3. The minimum atomic E-state index is 0.293. The Morgan fingerprint density at radius 3 is 2.54 bits per heavy atom. The summed E-state index contributed by atoms with van der Waals surface area (Å²) in [6, 6.07) is 40.5. The molecule has 5 aromatic carbocycles. The smallest absolute Gasteiger partial charge is 0.128 e. The van der Waals surface area contributed by atoms with Crippen LogP contribution in [0.25, 0.3) is 10.8 Å². The third-order valence-corrected chi connectivity index (χ3v) is 8.06. The van der Waals surface area contributed by atoms with Crippen molar-refractivity contribution in [2.24, 2.45) is 10.9 Å². The molecule has 3 nitrogen and oxygen atoms in total. The van der Waals surface area contributed by atoms with Crippen molar-refractivity contribution in [2.45, 2.75) is 25.0 Å². The van der Waals surface area contributed by atoms with Gasteiger partial charge in [-0.25, -0.2) is 0 Å². The van der Waals surface area contributed by atoms with Crippen molar-refractivity contribution in [3.05, 3.63) is 150 Å². The van der Waals surface area contributed by atoms with Gasteiger partial charge >= 0.3 is 0 Å². The molecule has 3 heteroatoms. The zero-order valence-electron chi connectivity index (χ0n) is 21.7. The van der Waals surface area contributed by atoms with E-state index >= 15 is 0 Å². The molecule has 0 radical (unpaired) electrons. The van der Waals surface area contributed by atoms with Gasteiger partial charge in [0, 0.05) is 23.4 Å². The number of rotatable bonds is 6. The molecule has 190 valence electrons. The van der Waals surface area contributed by atoms with Crippen LogP contribution >= 0.6 is 0 Å². The van der Waals surface area contributed by atoms with Gasteiger partial charge in [-0.1, -0.05) is 97.1 Å². The monoisotopic (exact) mass is 506 g/mol. The summed E-state index contributed by atoms with van der Waals surface area (Å²) < 4.78 is 6.28. The molecule has 1 aliphatic heterocycles. The number of ether oxygens (including phenoxy) is 1. The van der Waals surface area contributed by atoms with Crippen molar-refractivity contribution in [3.63, 3.8) is 0 Å². The third kappa shape index (κ3) is 4.61. The van der Waals surface area contributed by atoms with Crippen LogP contribution in [0.2, 0.25) is 0 Å². The normalized spacial score (nSPS) is 19.5. The summed E-state index contributed by atoms with van der Waals surface area (Å²) in [4.78, 5) is 4.79. The van der Waals surface area contributed by atoms with Crippen molar-refractivity contribution in [1.29, 1.82) is 0 Å². The van der Waals surface area contributed by atoms with Crippen LogP contribution in [0, 0.1) is 5.92 Å². The summed E-state index contributed by atoms with van der Waals surface area (Å²) in [6.45, 7) is 0.509. The van der Waals surface area contributed by atoms with Gasteiger partial charge in [-0.05, 0) is 70.1 Å². The van der Waals surface area contributed by atoms with Gasteiger partial charge in [0.1, 0.15) is 12.4 Å². The Bertz CT molecular complexity index is 1680. The maximum absolute atomic E-state index is 6.28. The Hall–Kier alpha value is -4.63. The van der Waals surface area contributed by atoms with Crippen molar-refractivity contribution >= 4 is 28.4 Å². The molecule has 0 fully saturated rings. The maximum atomic E-state index is 6.28. The average molecular weight is 507 g/mol. The first-order valence-corrected chi connectivity index (χ1v) is 13.7. The van der Waals surface area contributed by atoms with Crippen LogP contribution < -0.4 is 10.1 Å². The number of allylic oxidation sites excluding steroid dienone is 2. The molecule has 1 aliphatic carbocycles. The number of nitrogens with zero attached hydrogens (tertiary/aromatic N) is 1. The first kappa shape index (κ1) is 23.5. The Balaban J connectivity index is 1.08. The van der Waals surface area contributed by atoms with Crippen molar-refractivity contribution in [1.82, 2.24) is 0 Å². The lowest BCUT2D eigenvalue weighted by Gasteiger charge is -2.37. The molecule has 2 aliphatic rings. The first-order valence-electron chi connectivity index (χ1n) is 13.7. The predicted molar refractivity (Wildman–Crippen MR) is 161 cm³/mol. The highest BCUT2D eigenvalue weighted by molar-refractivity contribution is 5.86. The minimum Gasteiger partial charge on any atom is -0.488 e. The minimum absolute atomic E-state index is 0.293. The molecule has 0 saturated heterocycles. The van der Waals surface area contributed by atoms with Crippen LogP contribution in [0.15, 0.2) is 132 Å². The molecule has 0 spiro atoms. The largest absolute Gasteiger partial charge is 0.488 e. The van der Waals surface area contributed by atoms with Gasteiger partial charge in [0.2, 0.25) is 0 Å². The van der Waals surface area contributed by atoms with E-state index < -0.39 is 0 Å². The fourth-order valence-corrected chi connectivity index (χ4v) is 6.08.